The molecule has 12 heteroatoms. The highest BCUT2D eigenvalue weighted by atomic mass is 32.2. The molecule has 3 N–H and O–H groups in total. The number of rotatable bonds is 6. The third-order valence-electron chi connectivity index (χ3n) is 4.71. The van der Waals surface area contributed by atoms with E-state index in [4.69, 9.17) is 4.74 Å². The van der Waals surface area contributed by atoms with E-state index in [0.29, 0.717) is 49.4 Å². The van der Waals surface area contributed by atoms with Crippen molar-refractivity contribution in [1.82, 2.24) is 20.2 Å². The first-order valence-electron chi connectivity index (χ1n) is 9.95. The Kier molecular flexibility index (Phi) is 6.06. The summed E-state index contributed by atoms with van der Waals surface area (Å²) in [7, 11) is -4.02. The van der Waals surface area contributed by atoms with Gasteiger partial charge in [-0.15, -0.1) is 0 Å². The number of carbonyl (C=O) groups is 1. The summed E-state index contributed by atoms with van der Waals surface area (Å²) < 4.78 is 32.0. The number of aryl methyl sites for hydroxylation is 1. The van der Waals surface area contributed by atoms with Crippen molar-refractivity contribution in [1.29, 1.82) is 0 Å². The molecule has 0 bridgehead atoms. The Morgan fingerprint density at radius 2 is 1.81 bits per heavy atom. The maximum atomic E-state index is 13.3. The molecule has 1 aromatic carbocycles. The van der Waals surface area contributed by atoms with E-state index in [-0.39, 0.29) is 16.0 Å². The van der Waals surface area contributed by atoms with Crippen molar-refractivity contribution in [2.75, 3.05) is 41.8 Å². The Morgan fingerprint density at radius 3 is 2.44 bits per heavy atom. The average Bonchev–Trinajstić information content (AvgIpc) is 3.18. The van der Waals surface area contributed by atoms with Gasteiger partial charge >= 0.3 is 0 Å². The summed E-state index contributed by atoms with van der Waals surface area (Å²) in [6.45, 7) is 5.46. The topological polar surface area (TPSA) is 142 Å². The highest BCUT2D eigenvalue weighted by Crippen LogP contribution is 2.26. The Bertz CT molecular complexity index is 1220. The lowest BCUT2D eigenvalue weighted by atomic mass is 10.3. The summed E-state index contributed by atoms with van der Waals surface area (Å²) >= 11 is 0. The predicted octanol–water partition coefficient (Wildman–Crippen LogP) is 1.88. The van der Waals surface area contributed by atoms with Crippen LogP contribution in [0.4, 0.5) is 23.1 Å². The summed E-state index contributed by atoms with van der Waals surface area (Å²) in [6, 6.07) is 9.34. The molecule has 3 aromatic rings. The number of ether oxygens (including phenoxy) is 1. The Balaban J connectivity index is 1.71. The number of aromatic amines is 1. The largest absolute Gasteiger partial charge is 0.378 e. The highest BCUT2D eigenvalue weighted by molar-refractivity contribution is 7.91. The second-order valence-electron chi connectivity index (χ2n) is 7.26. The standard InChI is InChI=1S/C20H23N7O4S/c1-13-11-18(26-25-13)22-17-12-19(27-7-9-31-10-8-27)24-20(23-17)32(29,30)16-5-3-15(4-6-16)21-14(2)28/h3-6,11-12H,7-10H2,1-2H3,(H,21,28)(H2,22,23,24,25,26). The number of benzene rings is 1. The molecule has 0 atom stereocenters. The molecule has 2 aromatic heterocycles. The molecule has 0 saturated carbocycles. The Morgan fingerprint density at radius 1 is 1.09 bits per heavy atom. The molecule has 32 heavy (non-hydrogen) atoms. The molecule has 11 nitrogen and oxygen atoms in total. The first-order valence-corrected chi connectivity index (χ1v) is 11.4. The van der Waals surface area contributed by atoms with Crippen LogP contribution in [-0.2, 0) is 19.4 Å². The van der Waals surface area contributed by atoms with Gasteiger partial charge in [-0.05, 0) is 31.2 Å². The number of hydrogen-bond donors (Lipinski definition) is 3. The number of amides is 1. The maximum absolute atomic E-state index is 13.3. The smallest absolute Gasteiger partial charge is 0.255 e. The van der Waals surface area contributed by atoms with Crippen molar-refractivity contribution in [3.05, 3.63) is 42.1 Å². The first kappa shape index (κ1) is 21.7. The second kappa shape index (κ2) is 8.93. The molecule has 168 valence electrons. The number of aromatic nitrogens is 4. The number of H-pyrrole nitrogens is 1. The number of nitrogens with zero attached hydrogens (tertiary/aromatic N) is 4. The minimum atomic E-state index is -4.02. The molecule has 0 unspecified atom stereocenters. The maximum Gasteiger partial charge on any atom is 0.255 e. The molecule has 1 aliphatic heterocycles. The van der Waals surface area contributed by atoms with Gasteiger partial charge in [-0.1, -0.05) is 0 Å². The fourth-order valence-electron chi connectivity index (χ4n) is 3.19. The van der Waals surface area contributed by atoms with Crippen molar-refractivity contribution >= 4 is 38.9 Å². The number of anilines is 4. The van der Waals surface area contributed by atoms with Crippen LogP contribution >= 0.6 is 0 Å². The van der Waals surface area contributed by atoms with Gasteiger partial charge in [-0.2, -0.15) is 5.10 Å². The molecule has 4 rings (SSSR count). The van der Waals surface area contributed by atoms with E-state index in [1.165, 1.54) is 31.2 Å². The van der Waals surface area contributed by atoms with E-state index in [2.05, 4.69) is 30.8 Å². The highest BCUT2D eigenvalue weighted by Gasteiger charge is 2.25. The summed E-state index contributed by atoms with van der Waals surface area (Å²) in [5.74, 6) is 1.05. The zero-order chi connectivity index (χ0) is 22.7. The van der Waals surface area contributed by atoms with Crippen LogP contribution in [0.3, 0.4) is 0 Å². The van der Waals surface area contributed by atoms with Gasteiger partial charge in [-0.25, -0.2) is 18.4 Å². The predicted molar refractivity (Wildman–Crippen MR) is 118 cm³/mol. The van der Waals surface area contributed by atoms with Crippen molar-refractivity contribution < 1.29 is 17.9 Å². The van der Waals surface area contributed by atoms with Gasteiger partial charge in [0, 0.05) is 43.5 Å². The van der Waals surface area contributed by atoms with Gasteiger partial charge in [-0.3, -0.25) is 9.89 Å². The number of morpholine rings is 1. The van der Waals surface area contributed by atoms with Gasteiger partial charge in [0.1, 0.15) is 11.6 Å². The lowest BCUT2D eigenvalue weighted by molar-refractivity contribution is -0.114. The van der Waals surface area contributed by atoms with Crippen LogP contribution in [0, 0.1) is 6.92 Å². The Hall–Kier alpha value is -3.51. The van der Waals surface area contributed by atoms with Crippen LogP contribution in [0.25, 0.3) is 0 Å². The van der Waals surface area contributed by atoms with Crippen LogP contribution in [-0.4, -0.2) is 60.8 Å². The van der Waals surface area contributed by atoms with E-state index in [9.17, 15) is 13.2 Å². The summed E-state index contributed by atoms with van der Waals surface area (Å²) in [4.78, 5) is 21.8. The van der Waals surface area contributed by atoms with Crippen LogP contribution < -0.4 is 15.5 Å². The molecule has 1 fully saturated rings. The molecule has 1 amide bonds. The molecule has 0 aliphatic carbocycles. The number of sulfone groups is 1. The van der Waals surface area contributed by atoms with Crippen molar-refractivity contribution in [3.63, 3.8) is 0 Å². The molecular weight excluding hydrogens is 434 g/mol. The van der Waals surface area contributed by atoms with Crippen LogP contribution in [0.1, 0.15) is 12.6 Å². The Labute approximate surface area is 185 Å². The van der Waals surface area contributed by atoms with Gasteiger partial charge in [0.15, 0.2) is 5.82 Å². The normalized spacial score (nSPS) is 14.2. The summed E-state index contributed by atoms with van der Waals surface area (Å²) in [5.41, 5.74) is 1.35. The SMILES string of the molecule is CC(=O)Nc1ccc(S(=O)(=O)c2nc(Nc3cc(C)[nH]n3)cc(N3CCOCC3)n2)cc1. The lowest BCUT2D eigenvalue weighted by Gasteiger charge is -2.28. The lowest BCUT2D eigenvalue weighted by Crippen LogP contribution is -2.37. The van der Waals surface area contributed by atoms with Crippen LogP contribution in [0.15, 0.2) is 46.5 Å². The molecule has 1 aliphatic rings. The van der Waals surface area contributed by atoms with Crippen LogP contribution in [0.5, 0.6) is 0 Å². The van der Waals surface area contributed by atoms with E-state index < -0.39 is 9.84 Å². The van der Waals surface area contributed by atoms with Crippen LogP contribution in [0.2, 0.25) is 0 Å². The molecule has 0 radical (unpaired) electrons. The number of hydrogen-bond acceptors (Lipinski definition) is 9. The fourth-order valence-corrected chi connectivity index (χ4v) is 4.33. The van der Waals surface area contributed by atoms with Gasteiger partial charge in [0.05, 0.1) is 18.1 Å². The molecular formula is C20H23N7O4S. The third-order valence-corrected chi connectivity index (χ3v) is 6.27. The quantitative estimate of drug-likeness (QED) is 0.473. The zero-order valence-corrected chi connectivity index (χ0v) is 18.4. The van der Waals surface area contributed by atoms with Gasteiger partial charge < -0.3 is 20.3 Å². The third kappa shape index (κ3) is 4.86. The summed E-state index contributed by atoms with van der Waals surface area (Å²) in [5, 5.41) is 12.3. The molecule has 3 heterocycles. The zero-order valence-electron chi connectivity index (χ0n) is 17.6. The number of carbonyl (C=O) groups excluding carboxylic acids is 1. The monoisotopic (exact) mass is 457 g/mol. The molecule has 1 saturated heterocycles. The first-order chi connectivity index (χ1) is 15.3. The van der Waals surface area contributed by atoms with E-state index in [1.807, 2.05) is 11.8 Å². The summed E-state index contributed by atoms with van der Waals surface area (Å²) in [6.07, 6.45) is 0. The minimum absolute atomic E-state index is 0.0206. The van der Waals surface area contributed by atoms with E-state index in [0.717, 1.165) is 5.69 Å². The van der Waals surface area contributed by atoms with Crippen molar-refractivity contribution in [2.45, 2.75) is 23.9 Å². The minimum Gasteiger partial charge on any atom is -0.378 e. The van der Waals surface area contributed by atoms with Crippen molar-refractivity contribution in [3.8, 4) is 0 Å². The van der Waals surface area contributed by atoms with E-state index in [1.54, 1.807) is 12.1 Å². The number of nitrogens with one attached hydrogen (secondary N) is 3. The van der Waals surface area contributed by atoms with E-state index >= 15 is 0 Å². The fraction of sp³-hybridized carbons (Fsp3) is 0.300. The van der Waals surface area contributed by atoms with Gasteiger partial charge in [0.2, 0.25) is 15.7 Å². The van der Waals surface area contributed by atoms with Gasteiger partial charge in [0.25, 0.3) is 5.16 Å². The van der Waals surface area contributed by atoms with Crippen molar-refractivity contribution in [2.24, 2.45) is 0 Å². The average molecular weight is 458 g/mol. The second-order valence-corrected chi connectivity index (χ2v) is 9.11. The molecule has 0 spiro atoms.